The smallest absolute Gasteiger partial charge is 0.204 e. The van der Waals surface area contributed by atoms with Gasteiger partial charge in [-0.3, -0.25) is 0 Å². The molecule has 2 aliphatic carbocycles. The van der Waals surface area contributed by atoms with Gasteiger partial charge in [0.25, 0.3) is 0 Å². The molecule has 0 aliphatic heterocycles. The average Bonchev–Trinajstić information content (AvgIpc) is 2.94. The van der Waals surface area contributed by atoms with Crippen molar-refractivity contribution in [2.24, 2.45) is 4.99 Å². The Hall–Kier alpha value is -2.29. The van der Waals surface area contributed by atoms with Crippen LogP contribution in [-0.4, -0.2) is 22.9 Å². The molecule has 2 saturated carbocycles. The Morgan fingerprint density at radius 3 is 1.35 bits per heavy atom. The van der Waals surface area contributed by atoms with Crippen molar-refractivity contribution in [2.75, 3.05) is 5.32 Å². The van der Waals surface area contributed by atoms with E-state index in [4.69, 9.17) is 4.99 Å². The number of hydrogen-bond donors (Lipinski definition) is 1. The summed E-state index contributed by atoms with van der Waals surface area (Å²) in [5.41, 5.74) is 7.99. The summed E-state index contributed by atoms with van der Waals surface area (Å²) < 4.78 is 0. The van der Waals surface area contributed by atoms with Crippen molar-refractivity contribution in [2.45, 2.75) is 155 Å². The molecule has 4 rings (SSSR count). The van der Waals surface area contributed by atoms with E-state index in [2.05, 4.69) is 102 Å². The second kappa shape index (κ2) is 14.1. The fourth-order valence-electron chi connectivity index (χ4n) is 7.07. The average molecular weight is 544 g/mol. The molecule has 2 aromatic carbocycles. The van der Waals surface area contributed by atoms with Crippen molar-refractivity contribution in [3.05, 3.63) is 58.7 Å². The number of para-hydroxylation sites is 2. The predicted octanol–water partition coefficient (Wildman–Crippen LogP) is 11.2. The molecule has 0 saturated heterocycles. The van der Waals surface area contributed by atoms with Crippen LogP contribution in [0.2, 0.25) is 0 Å². The Bertz CT molecular complexity index is 1040. The summed E-state index contributed by atoms with van der Waals surface area (Å²) in [5, 5.41) is 4.13. The van der Waals surface area contributed by atoms with E-state index < -0.39 is 0 Å². The fraction of sp³-hybridized carbons (Fsp3) is 0.649. The molecule has 0 unspecified atom stereocenters. The minimum absolute atomic E-state index is 0.422. The number of rotatable bonds is 8. The highest BCUT2D eigenvalue weighted by Gasteiger charge is 2.33. The van der Waals surface area contributed by atoms with Gasteiger partial charge in [0.2, 0.25) is 5.96 Å². The van der Waals surface area contributed by atoms with Gasteiger partial charge in [0.15, 0.2) is 0 Å². The monoisotopic (exact) mass is 543 g/mol. The fourth-order valence-corrected chi connectivity index (χ4v) is 7.07. The van der Waals surface area contributed by atoms with Crippen LogP contribution in [0.15, 0.2) is 41.4 Å². The van der Waals surface area contributed by atoms with Crippen LogP contribution in [0.4, 0.5) is 11.4 Å². The topological polar surface area (TPSA) is 27.6 Å². The molecule has 2 fully saturated rings. The number of anilines is 1. The molecule has 40 heavy (non-hydrogen) atoms. The first-order valence-electron chi connectivity index (χ1n) is 16.6. The van der Waals surface area contributed by atoms with Gasteiger partial charge in [0, 0.05) is 17.8 Å². The van der Waals surface area contributed by atoms with E-state index >= 15 is 0 Å². The highest BCUT2D eigenvalue weighted by Crippen LogP contribution is 2.39. The zero-order chi connectivity index (χ0) is 28.8. The second-order valence-corrected chi connectivity index (χ2v) is 13.8. The first-order chi connectivity index (χ1) is 19.2. The number of nitrogens with zero attached hydrogens (tertiary/aromatic N) is 2. The van der Waals surface area contributed by atoms with Gasteiger partial charge in [-0.25, -0.2) is 4.99 Å². The molecule has 1 N–H and O–H groups in total. The van der Waals surface area contributed by atoms with Gasteiger partial charge in [-0.05, 0) is 71.6 Å². The van der Waals surface area contributed by atoms with Gasteiger partial charge in [-0.1, -0.05) is 130 Å². The highest BCUT2D eigenvalue weighted by molar-refractivity contribution is 5.98. The van der Waals surface area contributed by atoms with Crippen LogP contribution in [0.5, 0.6) is 0 Å². The lowest BCUT2D eigenvalue weighted by Gasteiger charge is -2.44. The van der Waals surface area contributed by atoms with E-state index in [0.717, 1.165) is 5.96 Å². The lowest BCUT2D eigenvalue weighted by atomic mass is 9.88. The van der Waals surface area contributed by atoms with Crippen molar-refractivity contribution in [3.63, 3.8) is 0 Å². The molecule has 0 aromatic heterocycles. The van der Waals surface area contributed by atoms with E-state index in [0.29, 0.717) is 35.8 Å². The number of guanidine groups is 1. The molecule has 0 radical (unpaired) electrons. The highest BCUT2D eigenvalue weighted by atomic mass is 15.3. The molecule has 2 aromatic rings. The first-order valence-corrected chi connectivity index (χ1v) is 16.6. The Morgan fingerprint density at radius 1 is 0.600 bits per heavy atom. The molecule has 0 heterocycles. The number of nitrogens with one attached hydrogen (secondary N) is 1. The zero-order valence-corrected chi connectivity index (χ0v) is 26.9. The van der Waals surface area contributed by atoms with Gasteiger partial charge in [0.05, 0.1) is 5.69 Å². The molecule has 3 nitrogen and oxygen atoms in total. The molecule has 0 bridgehead atoms. The summed E-state index contributed by atoms with van der Waals surface area (Å²) in [6, 6.07) is 14.9. The summed E-state index contributed by atoms with van der Waals surface area (Å²) >= 11 is 0. The Morgan fingerprint density at radius 2 is 0.975 bits per heavy atom. The largest absolute Gasteiger partial charge is 0.336 e. The standard InChI is InChI=1S/C37H57N3/c1-25(2)31-21-15-22-32(26(3)4)35(31)38-37(39-36-33(27(5)6)23-16-24-34(36)28(7)8)40(29-17-11-9-12-18-29)30-19-13-10-14-20-30/h15-16,21-30H,9-14,17-20H2,1-8H3,(H,38,39). The van der Waals surface area contributed by atoms with Crippen molar-refractivity contribution >= 4 is 17.3 Å². The van der Waals surface area contributed by atoms with E-state index in [1.807, 2.05) is 0 Å². The van der Waals surface area contributed by atoms with Crippen LogP contribution < -0.4 is 5.32 Å². The molecule has 0 spiro atoms. The normalized spacial score (nSPS) is 17.9. The zero-order valence-electron chi connectivity index (χ0n) is 26.9. The number of hydrogen-bond acceptors (Lipinski definition) is 1. The third-order valence-electron chi connectivity index (χ3n) is 9.35. The maximum atomic E-state index is 5.78. The molecule has 2 aliphatic rings. The van der Waals surface area contributed by atoms with Crippen LogP contribution in [0.3, 0.4) is 0 Å². The first kappa shape index (κ1) is 30.7. The number of aliphatic imine (C=N–C) groups is 1. The van der Waals surface area contributed by atoms with Crippen molar-refractivity contribution in [1.29, 1.82) is 0 Å². The van der Waals surface area contributed by atoms with E-state index in [1.54, 1.807) is 0 Å². The van der Waals surface area contributed by atoms with Crippen LogP contribution in [0, 0.1) is 0 Å². The maximum absolute atomic E-state index is 5.78. The summed E-state index contributed by atoms with van der Waals surface area (Å²) in [6.45, 7) is 18.6. The maximum Gasteiger partial charge on any atom is 0.204 e. The molecular weight excluding hydrogens is 486 g/mol. The predicted molar refractivity (Wildman–Crippen MR) is 176 cm³/mol. The van der Waals surface area contributed by atoms with Gasteiger partial charge >= 0.3 is 0 Å². The van der Waals surface area contributed by atoms with Gasteiger partial charge in [-0.2, -0.15) is 0 Å². The summed E-state index contributed by atoms with van der Waals surface area (Å²) in [6.07, 6.45) is 13.2. The summed E-state index contributed by atoms with van der Waals surface area (Å²) in [4.78, 5) is 8.59. The minimum Gasteiger partial charge on any atom is -0.336 e. The van der Waals surface area contributed by atoms with Crippen LogP contribution in [-0.2, 0) is 0 Å². The second-order valence-electron chi connectivity index (χ2n) is 13.8. The molecule has 3 heteroatoms. The van der Waals surface area contributed by atoms with E-state index in [1.165, 1.54) is 97.8 Å². The van der Waals surface area contributed by atoms with Crippen molar-refractivity contribution < 1.29 is 0 Å². The quantitative estimate of drug-likeness (QED) is 0.265. The Labute approximate surface area is 246 Å². The molecular formula is C37H57N3. The van der Waals surface area contributed by atoms with Crippen LogP contribution >= 0.6 is 0 Å². The van der Waals surface area contributed by atoms with Crippen LogP contribution in [0.25, 0.3) is 0 Å². The SMILES string of the molecule is CC(C)c1cccc(C(C)C)c1N=C(Nc1c(C(C)C)cccc1C(C)C)N(C1CCCCC1)C1CCCCC1. The third kappa shape index (κ3) is 7.12. The minimum atomic E-state index is 0.422. The van der Waals surface area contributed by atoms with Crippen LogP contribution in [0.1, 0.15) is 166 Å². The van der Waals surface area contributed by atoms with Gasteiger partial charge in [0.1, 0.15) is 0 Å². The Kier molecular flexibility index (Phi) is 10.8. The summed E-state index contributed by atoms with van der Waals surface area (Å²) in [5.74, 6) is 2.82. The van der Waals surface area contributed by atoms with E-state index in [9.17, 15) is 0 Å². The van der Waals surface area contributed by atoms with Gasteiger partial charge < -0.3 is 10.2 Å². The molecule has 0 atom stereocenters. The summed E-state index contributed by atoms with van der Waals surface area (Å²) in [7, 11) is 0. The Balaban J connectivity index is 1.97. The lowest BCUT2D eigenvalue weighted by Crippen LogP contribution is -2.51. The lowest BCUT2D eigenvalue weighted by molar-refractivity contribution is 0.157. The van der Waals surface area contributed by atoms with Crippen molar-refractivity contribution in [3.8, 4) is 0 Å². The molecule has 220 valence electrons. The van der Waals surface area contributed by atoms with Crippen molar-refractivity contribution in [1.82, 2.24) is 4.90 Å². The number of benzene rings is 2. The third-order valence-corrected chi connectivity index (χ3v) is 9.35. The molecule has 0 amide bonds. The van der Waals surface area contributed by atoms with Gasteiger partial charge in [-0.15, -0.1) is 0 Å². The van der Waals surface area contributed by atoms with E-state index in [-0.39, 0.29) is 0 Å².